The maximum atomic E-state index is 2.44. The highest BCUT2D eigenvalue weighted by molar-refractivity contribution is 7.23. The molecule has 0 saturated carbocycles. The summed E-state index contributed by atoms with van der Waals surface area (Å²) in [6, 6.07) is 47.9. The summed E-state index contributed by atoms with van der Waals surface area (Å²) in [7, 11) is -2.51. The van der Waals surface area contributed by atoms with Crippen LogP contribution in [0.25, 0.3) is 32.7 Å². The quantitative estimate of drug-likeness (QED) is 0.236. The molecule has 1 unspecified atom stereocenters. The Morgan fingerprint density at radius 3 is 2.00 bits per heavy atom. The molecule has 7 rings (SSSR count). The van der Waals surface area contributed by atoms with Gasteiger partial charge in [0.25, 0.3) is 0 Å². The lowest BCUT2D eigenvalue weighted by Crippen LogP contribution is -2.73. The van der Waals surface area contributed by atoms with Crippen molar-refractivity contribution in [2.24, 2.45) is 0 Å². The molecule has 0 bridgehead atoms. The second-order valence-electron chi connectivity index (χ2n) is 9.44. The first-order valence-corrected chi connectivity index (χ1v) is 14.0. The van der Waals surface area contributed by atoms with Gasteiger partial charge in [-0.25, -0.2) is 0 Å². The van der Waals surface area contributed by atoms with Crippen molar-refractivity contribution in [3.63, 3.8) is 0 Å². The molecule has 160 valence electrons. The second-order valence-corrected chi connectivity index (χ2v) is 13.1. The van der Waals surface area contributed by atoms with Gasteiger partial charge in [0.15, 0.2) is 8.07 Å². The van der Waals surface area contributed by atoms with Crippen molar-refractivity contribution in [3.8, 4) is 11.1 Å². The average molecular weight is 449 g/mol. The highest BCUT2D eigenvalue weighted by atomic mass is 28.3. The van der Waals surface area contributed by atoms with Crippen LogP contribution < -0.4 is 20.7 Å². The fraction of sp³-hybridized carbons (Fsp3) is 0.0303. The Kier molecular flexibility index (Phi) is 4.18. The normalized spacial score (nSPS) is 16.5. The van der Waals surface area contributed by atoms with Crippen LogP contribution >= 0.6 is 0 Å². The van der Waals surface area contributed by atoms with Crippen molar-refractivity contribution >= 4 is 50.4 Å². The lowest BCUT2D eigenvalue weighted by atomic mass is 9.98. The second kappa shape index (κ2) is 7.28. The topological polar surface area (TPSA) is 0 Å². The van der Waals surface area contributed by atoms with Crippen molar-refractivity contribution in [2.45, 2.75) is 6.92 Å². The van der Waals surface area contributed by atoms with Crippen LogP contribution in [0.15, 0.2) is 127 Å². The van der Waals surface area contributed by atoms with Crippen LogP contribution in [0.3, 0.4) is 0 Å². The first kappa shape index (κ1) is 19.5. The summed E-state index contributed by atoms with van der Waals surface area (Å²) >= 11 is 0. The summed E-state index contributed by atoms with van der Waals surface area (Å²) in [5, 5.41) is 11.3. The number of hydrogen-bond donors (Lipinski definition) is 0. The third-order valence-electron chi connectivity index (χ3n) is 7.54. The first-order chi connectivity index (χ1) is 16.8. The molecule has 0 aromatic heterocycles. The van der Waals surface area contributed by atoms with Crippen LogP contribution in [-0.4, -0.2) is 8.07 Å². The van der Waals surface area contributed by atoms with Crippen molar-refractivity contribution in [3.05, 3.63) is 133 Å². The van der Waals surface area contributed by atoms with Gasteiger partial charge in [-0.05, 0) is 72.5 Å². The molecule has 0 spiro atoms. The molecule has 0 saturated heterocycles. The maximum absolute atomic E-state index is 2.51. The number of aryl methyl sites for hydroxylation is 1. The van der Waals surface area contributed by atoms with Crippen molar-refractivity contribution in [1.29, 1.82) is 0 Å². The largest absolute Gasteiger partial charge is 0.181 e. The van der Waals surface area contributed by atoms with Crippen LogP contribution in [0, 0.1) is 6.92 Å². The molecule has 1 heterocycles. The molecule has 0 amide bonds. The molecule has 0 radical (unpaired) electrons. The number of rotatable bonds is 2. The molecule has 6 aromatic rings. The average Bonchev–Trinajstić information content (AvgIpc) is 3.20. The molecule has 34 heavy (non-hydrogen) atoms. The molecule has 0 fully saturated rings. The van der Waals surface area contributed by atoms with E-state index in [4.69, 9.17) is 0 Å². The van der Waals surface area contributed by atoms with E-state index in [2.05, 4.69) is 134 Å². The molecule has 6 aromatic carbocycles. The zero-order valence-electron chi connectivity index (χ0n) is 19.1. The molecule has 1 atom stereocenters. The van der Waals surface area contributed by atoms with E-state index in [0.29, 0.717) is 0 Å². The third-order valence-corrected chi connectivity index (χ3v) is 12.4. The zero-order chi connectivity index (χ0) is 22.7. The standard InChI is InChI=1S/C33H24Si/c1-23-10-9-15-28(20-23)34(27-13-3-2-4-14-27)32-17-8-7-16-29(32)30-19-18-26-21-24-11-5-6-12-25(24)22-31(26)33(30)34/h2-22H,1H3. The van der Waals surface area contributed by atoms with Gasteiger partial charge in [-0.3, -0.25) is 0 Å². The van der Waals surface area contributed by atoms with Crippen molar-refractivity contribution in [2.75, 3.05) is 0 Å². The highest BCUT2D eigenvalue weighted by Crippen LogP contribution is 2.34. The number of benzene rings is 6. The molecular formula is C33H24Si. The predicted octanol–water partition coefficient (Wildman–Crippen LogP) is 5.66. The van der Waals surface area contributed by atoms with Gasteiger partial charge in [-0.15, -0.1) is 0 Å². The Labute approximate surface area is 201 Å². The summed E-state index contributed by atoms with van der Waals surface area (Å²) in [5.74, 6) is 0. The predicted molar refractivity (Wildman–Crippen MR) is 149 cm³/mol. The van der Waals surface area contributed by atoms with Crippen LogP contribution in [0.2, 0.25) is 0 Å². The minimum atomic E-state index is -2.51. The monoisotopic (exact) mass is 448 g/mol. The molecule has 0 nitrogen and oxygen atoms in total. The van der Waals surface area contributed by atoms with Gasteiger partial charge in [0.2, 0.25) is 0 Å². The van der Waals surface area contributed by atoms with Crippen LogP contribution in [-0.2, 0) is 0 Å². The summed E-state index contributed by atoms with van der Waals surface area (Å²) < 4.78 is 0. The lowest BCUT2D eigenvalue weighted by Gasteiger charge is -2.32. The first-order valence-electron chi connectivity index (χ1n) is 12.0. The van der Waals surface area contributed by atoms with E-state index in [0.717, 1.165) is 0 Å². The fourth-order valence-electron chi connectivity index (χ4n) is 6.15. The number of hydrogen-bond acceptors (Lipinski definition) is 0. The van der Waals surface area contributed by atoms with Crippen molar-refractivity contribution in [1.82, 2.24) is 0 Å². The van der Waals surface area contributed by atoms with Crippen LogP contribution in [0.4, 0.5) is 0 Å². The van der Waals surface area contributed by atoms with Gasteiger partial charge < -0.3 is 0 Å². The Bertz CT molecular complexity index is 1710. The van der Waals surface area contributed by atoms with E-state index in [9.17, 15) is 0 Å². The van der Waals surface area contributed by atoms with Gasteiger partial charge in [0.05, 0.1) is 0 Å². The molecule has 1 aliphatic heterocycles. The minimum absolute atomic E-state index is 1.30. The van der Waals surface area contributed by atoms with Gasteiger partial charge in [0, 0.05) is 0 Å². The number of fused-ring (bicyclic) bond motifs is 6. The smallest absolute Gasteiger partial charge is 0.0623 e. The summed E-state index contributed by atoms with van der Waals surface area (Å²) in [6.45, 7) is 2.22. The van der Waals surface area contributed by atoms with E-state index in [1.54, 1.807) is 0 Å². The third kappa shape index (κ3) is 2.59. The molecular weight excluding hydrogens is 424 g/mol. The van der Waals surface area contributed by atoms with Gasteiger partial charge >= 0.3 is 0 Å². The fourth-order valence-corrected chi connectivity index (χ4v) is 11.7. The summed E-state index contributed by atoms with van der Waals surface area (Å²) in [6.07, 6.45) is 0. The maximum Gasteiger partial charge on any atom is 0.181 e. The Morgan fingerprint density at radius 1 is 0.471 bits per heavy atom. The Balaban J connectivity index is 1.73. The van der Waals surface area contributed by atoms with Crippen molar-refractivity contribution < 1.29 is 0 Å². The molecule has 1 aliphatic rings. The van der Waals surface area contributed by atoms with E-state index < -0.39 is 8.07 Å². The minimum Gasteiger partial charge on any atom is -0.0623 e. The van der Waals surface area contributed by atoms with Crippen LogP contribution in [0.1, 0.15) is 5.56 Å². The Morgan fingerprint density at radius 2 is 1.18 bits per heavy atom. The summed E-state index contributed by atoms with van der Waals surface area (Å²) in [5.41, 5.74) is 4.11. The van der Waals surface area contributed by atoms with E-state index in [1.165, 1.54) is 59.0 Å². The van der Waals surface area contributed by atoms with Gasteiger partial charge in [-0.2, -0.15) is 0 Å². The molecule has 1 heteroatoms. The lowest BCUT2D eigenvalue weighted by molar-refractivity contribution is 1.49. The van der Waals surface area contributed by atoms with Gasteiger partial charge in [-0.1, -0.05) is 121 Å². The Hall–Kier alpha value is -3.94. The molecule has 0 aliphatic carbocycles. The summed E-state index contributed by atoms with van der Waals surface area (Å²) in [4.78, 5) is 0. The highest BCUT2D eigenvalue weighted by Gasteiger charge is 2.49. The molecule has 0 N–H and O–H groups in total. The van der Waals surface area contributed by atoms with E-state index in [-0.39, 0.29) is 0 Å². The SMILES string of the molecule is Cc1cccc([Si]2(c3ccccc3)c3ccccc3-c3ccc4cc5ccccc5cc4c32)c1. The van der Waals surface area contributed by atoms with Gasteiger partial charge in [0.1, 0.15) is 0 Å². The zero-order valence-corrected chi connectivity index (χ0v) is 20.1. The van der Waals surface area contributed by atoms with E-state index in [1.807, 2.05) is 0 Å². The van der Waals surface area contributed by atoms with Crippen LogP contribution in [0.5, 0.6) is 0 Å². The van der Waals surface area contributed by atoms with E-state index >= 15 is 0 Å².